The van der Waals surface area contributed by atoms with Crippen LogP contribution >= 0.6 is 0 Å². The summed E-state index contributed by atoms with van der Waals surface area (Å²) in [6.07, 6.45) is 7.76. The fourth-order valence-electron chi connectivity index (χ4n) is 4.56. The Morgan fingerprint density at radius 1 is 1.15 bits per heavy atom. The SMILES string of the molecule is COc1ccc(CN2CCN(CC3CCCCC3)[C@H](CCO)C2)cc1O. The van der Waals surface area contributed by atoms with Crippen LogP contribution in [0.25, 0.3) is 0 Å². The summed E-state index contributed by atoms with van der Waals surface area (Å²) in [7, 11) is 1.57. The van der Waals surface area contributed by atoms with E-state index in [0.29, 0.717) is 11.8 Å². The largest absolute Gasteiger partial charge is 0.504 e. The van der Waals surface area contributed by atoms with E-state index in [4.69, 9.17) is 4.74 Å². The zero-order valence-electron chi connectivity index (χ0n) is 16.1. The molecule has 26 heavy (non-hydrogen) atoms. The molecule has 1 aliphatic heterocycles. The molecule has 2 aliphatic rings. The number of hydrogen-bond donors (Lipinski definition) is 2. The van der Waals surface area contributed by atoms with E-state index in [0.717, 1.165) is 44.1 Å². The molecule has 1 saturated carbocycles. The number of aromatic hydroxyl groups is 1. The van der Waals surface area contributed by atoms with Crippen LogP contribution in [0.2, 0.25) is 0 Å². The zero-order chi connectivity index (χ0) is 18.4. The summed E-state index contributed by atoms with van der Waals surface area (Å²) in [6, 6.07) is 6.08. The number of ether oxygens (including phenoxy) is 1. The van der Waals surface area contributed by atoms with Gasteiger partial charge in [0.05, 0.1) is 7.11 Å². The Hall–Kier alpha value is -1.30. The Morgan fingerprint density at radius 3 is 2.65 bits per heavy atom. The quantitative estimate of drug-likeness (QED) is 0.781. The first-order valence-electron chi connectivity index (χ1n) is 10.1. The van der Waals surface area contributed by atoms with Crippen molar-refractivity contribution in [2.75, 3.05) is 39.9 Å². The topological polar surface area (TPSA) is 56.2 Å². The first kappa shape index (κ1) is 19.5. The Balaban J connectivity index is 1.57. The maximum absolute atomic E-state index is 10.00. The average molecular weight is 363 g/mol. The molecule has 0 aromatic heterocycles. The molecule has 2 fully saturated rings. The summed E-state index contributed by atoms with van der Waals surface area (Å²) in [5, 5.41) is 19.5. The molecule has 1 aromatic rings. The van der Waals surface area contributed by atoms with E-state index in [-0.39, 0.29) is 12.4 Å². The Labute approximate surface area is 157 Å². The van der Waals surface area contributed by atoms with Crippen LogP contribution in [0.15, 0.2) is 18.2 Å². The summed E-state index contributed by atoms with van der Waals surface area (Å²) in [5.41, 5.74) is 1.10. The summed E-state index contributed by atoms with van der Waals surface area (Å²) in [4.78, 5) is 5.06. The molecular formula is C21H34N2O3. The van der Waals surface area contributed by atoms with Crippen molar-refractivity contribution in [2.24, 2.45) is 5.92 Å². The van der Waals surface area contributed by atoms with Crippen molar-refractivity contribution >= 4 is 0 Å². The van der Waals surface area contributed by atoms with E-state index in [1.54, 1.807) is 13.2 Å². The van der Waals surface area contributed by atoms with E-state index < -0.39 is 0 Å². The molecule has 1 atom stereocenters. The lowest BCUT2D eigenvalue weighted by molar-refractivity contribution is 0.0400. The predicted octanol–water partition coefficient (Wildman–Crippen LogP) is 2.85. The van der Waals surface area contributed by atoms with Crippen LogP contribution in [0.5, 0.6) is 11.5 Å². The van der Waals surface area contributed by atoms with Crippen LogP contribution in [0.1, 0.15) is 44.1 Å². The van der Waals surface area contributed by atoms with Gasteiger partial charge < -0.3 is 14.9 Å². The van der Waals surface area contributed by atoms with E-state index in [2.05, 4.69) is 9.80 Å². The number of hydrogen-bond acceptors (Lipinski definition) is 5. The molecule has 1 aromatic carbocycles. The van der Waals surface area contributed by atoms with E-state index >= 15 is 0 Å². The molecule has 0 amide bonds. The summed E-state index contributed by atoms with van der Waals surface area (Å²) < 4.78 is 5.13. The van der Waals surface area contributed by atoms with Crippen LogP contribution in [-0.2, 0) is 6.54 Å². The standard InChI is InChI=1S/C21H34N2O3/c1-26-21-8-7-18(13-20(21)25)14-22-10-11-23(19(16-22)9-12-24)15-17-5-3-2-4-6-17/h7-8,13,17,19,24-25H,2-6,9-12,14-16H2,1H3/t19-/m1/s1. The summed E-state index contributed by atoms with van der Waals surface area (Å²) in [5.74, 6) is 1.56. The fourth-order valence-corrected chi connectivity index (χ4v) is 4.56. The molecule has 1 heterocycles. The first-order chi connectivity index (χ1) is 12.7. The minimum absolute atomic E-state index is 0.202. The number of phenolic OH excluding ortho intramolecular Hbond substituents is 1. The van der Waals surface area contributed by atoms with Crippen molar-refractivity contribution < 1.29 is 14.9 Å². The van der Waals surface area contributed by atoms with E-state index in [9.17, 15) is 10.2 Å². The van der Waals surface area contributed by atoms with Crippen LogP contribution in [0, 0.1) is 5.92 Å². The molecule has 5 nitrogen and oxygen atoms in total. The molecule has 0 spiro atoms. The molecule has 0 unspecified atom stereocenters. The van der Waals surface area contributed by atoms with Crippen molar-refractivity contribution in [3.05, 3.63) is 23.8 Å². The van der Waals surface area contributed by atoms with Gasteiger partial charge >= 0.3 is 0 Å². The maximum Gasteiger partial charge on any atom is 0.160 e. The molecule has 5 heteroatoms. The highest BCUT2D eigenvalue weighted by atomic mass is 16.5. The number of aliphatic hydroxyl groups excluding tert-OH is 1. The minimum Gasteiger partial charge on any atom is -0.504 e. The molecule has 1 aliphatic carbocycles. The highest BCUT2D eigenvalue weighted by Crippen LogP contribution is 2.28. The molecule has 0 bridgehead atoms. The lowest BCUT2D eigenvalue weighted by Gasteiger charge is -2.43. The van der Waals surface area contributed by atoms with Gasteiger partial charge in [0.15, 0.2) is 11.5 Å². The minimum atomic E-state index is 0.202. The zero-order valence-corrected chi connectivity index (χ0v) is 16.1. The van der Waals surface area contributed by atoms with Crippen molar-refractivity contribution in [3.8, 4) is 11.5 Å². The van der Waals surface area contributed by atoms with Gasteiger partial charge in [0.25, 0.3) is 0 Å². The third kappa shape index (κ3) is 5.12. The van der Waals surface area contributed by atoms with Crippen molar-refractivity contribution in [1.29, 1.82) is 0 Å². The van der Waals surface area contributed by atoms with Crippen molar-refractivity contribution in [1.82, 2.24) is 9.80 Å². The van der Waals surface area contributed by atoms with Crippen LogP contribution in [0.4, 0.5) is 0 Å². The molecule has 0 radical (unpaired) electrons. The third-order valence-corrected chi connectivity index (χ3v) is 6.02. The second-order valence-electron chi connectivity index (χ2n) is 7.91. The number of methoxy groups -OCH3 is 1. The van der Waals surface area contributed by atoms with Gasteiger partial charge in [-0.3, -0.25) is 9.80 Å². The highest BCUT2D eigenvalue weighted by Gasteiger charge is 2.29. The second kappa shape index (κ2) is 9.58. The van der Waals surface area contributed by atoms with Crippen molar-refractivity contribution in [2.45, 2.75) is 51.1 Å². The molecule has 3 rings (SSSR count). The number of nitrogens with zero attached hydrogens (tertiary/aromatic N) is 2. The van der Waals surface area contributed by atoms with Crippen LogP contribution < -0.4 is 4.74 Å². The van der Waals surface area contributed by atoms with Gasteiger partial charge in [-0.25, -0.2) is 0 Å². The third-order valence-electron chi connectivity index (χ3n) is 6.02. The van der Waals surface area contributed by atoms with Gasteiger partial charge in [-0.1, -0.05) is 25.3 Å². The predicted molar refractivity (Wildman–Crippen MR) is 104 cm³/mol. The second-order valence-corrected chi connectivity index (χ2v) is 7.91. The van der Waals surface area contributed by atoms with Gasteiger partial charge in [-0.15, -0.1) is 0 Å². The van der Waals surface area contributed by atoms with Gasteiger partial charge in [-0.2, -0.15) is 0 Å². The van der Waals surface area contributed by atoms with Gasteiger partial charge in [-0.05, 0) is 42.9 Å². The average Bonchev–Trinajstić information content (AvgIpc) is 2.65. The van der Waals surface area contributed by atoms with Gasteiger partial charge in [0.1, 0.15) is 0 Å². The number of phenols is 1. The van der Waals surface area contributed by atoms with E-state index in [1.165, 1.54) is 38.6 Å². The van der Waals surface area contributed by atoms with Crippen LogP contribution in [-0.4, -0.2) is 66.0 Å². The number of benzene rings is 1. The smallest absolute Gasteiger partial charge is 0.160 e. The Kier molecular flexibility index (Phi) is 7.17. The summed E-state index contributed by atoms with van der Waals surface area (Å²) in [6.45, 7) is 5.38. The fraction of sp³-hybridized carbons (Fsp3) is 0.714. The van der Waals surface area contributed by atoms with Gasteiger partial charge in [0, 0.05) is 45.4 Å². The first-order valence-corrected chi connectivity index (χ1v) is 10.1. The monoisotopic (exact) mass is 362 g/mol. The lowest BCUT2D eigenvalue weighted by atomic mass is 9.88. The molecular weight excluding hydrogens is 328 g/mol. The highest BCUT2D eigenvalue weighted by molar-refractivity contribution is 5.41. The summed E-state index contributed by atoms with van der Waals surface area (Å²) >= 11 is 0. The molecule has 146 valence electrons. The van der Waals surface area contributed by atoms with Crippen molar-refractivity contribution in [3.63, 3.8) is 0 Å². The molecule has 1 saturated heterocycles. The molecule has 2 N–H and O–H groups in total. The van der Waals surface area contributed by atoms with E-state index in [1.807, 2.05) is 12.1 Å². The van der Waals surface area contributed by atoms with Crippen LogP contribution in [0.3, 0.4) is 0 Å². The Morgan fingerprint density at radius 2 is 1.96 bits per heavy atom. The van der Waals surface area contributed by atoms with Gasteiger partial charge in [0.2, 0.25) is 0 Å². The maximum atomic E-state index is 10.00. The number of aliphatic hydroxyl groups is 1. The lowest BCUT2D eigenvalue weighted by Crippen LogP contribution is -2.54. The number of piperazine rings is 1. The normalized spacial score (nSPS) is 23.2. The number of rotatable bonds is 7. The Bertz CT molecular complexity index is 560.